The minimum atomic E-state index is -1.25. The predicted octanol–water partition coefficient (Wildman–Crippen LogP) is 2.56. The molecule has 0 saturated heterocycles. The highest BCUT2D eigenvalue weighted by Gasteiger charge is 2.32. The highest BCUT2D eigenvalue weighted by Crippen LogP contribution is 2.12. The van der Waals surface area contributed by atoms with Gasteiger partial charge in [-0.05, 0) is 45.1 Å². The minimum absolute atomic E-state index is 0.00374. The van der Waals surface area contributed by atoms with Crippen molar-refractivity contribution in [3.05, 3.63) is 54.1 Å². The van der Waals surface area contributed by atoms with Crippen LogP contribution in [0.4, 0.5) is 4.79 Å². The molecule has 0 saturated carbocycles. The van der Waals surface area contributed by atoms with Gasteiger partial charge in [-0.15, -0.1) is 0 Å². The van der Waals surface area contributed by atoms with Gasteiger partial charge in [-0.3, -0.25) is 14.4 Å². The molecule has 1 aromatic carbocycles. The molecule has 0 radical (unpaired) electrons. The largest absolute Gasteiger partial charge is 0.467 e. The van der Waals surface area contributed by atoms with Gasteiger partial charge < -0.3 is 35.1 Å². The highest BCUT2D eigenvalue weighted by molar-refractivity contribution is 5.93. The Morgan fingerprint density at radius 1 is 0.930 bits per heavy atom. The monoisotopic (exact) mass is 601 g/mol. The van der Waals surface area contributed by atoms with E-state index >= 15 is 0 Å². The molecule has 4 N–H and O–H groups in total. The van der Waals surface area contributed by atoms with Crippen molar-refractivity contribution in [2.45, 2.75) is 90.6 Å². The number of aromatic amines is 1. The van der Waals surface area contributed by atoms with Crippen molar-refractivity contribution in [3.63, 3.8) is 0 Å². The van der Waals surface area contributed by atoms with Crippen LogP contribution in [0.2, 0.25) is 0 Å². The summed E-state index contributed by atoms with van der Waals surface area (Å²) in [7, 11) is 1.19. The van der Waals surface area contributed by atoms with Gasteiger partial charge in [0.25, 0.3) is 0 Å². The fraction of sp³-hybridized carbons (Fsp3) is 0.533. The molecule has 2 rings (SSSR count). The number of nitrogens with zero attached hydrogens (tertiary/aromatic N) is 1. The van der Waals surface area contributed by atoms with Crippen molar-refractivity contribution in [2.75, 3.05) is 7.11 Å². The number of esters is 2. The number of aromatic nitrogens is 2. The third kappa shape index (κ3) is 13.4. The van der Waals surface area contributed by atoms with E-state index in [4.69, 9.17) is 14.2 Å². The van der Waals surface area contributed by atoms with Crippen molar-refractivity contribution < 1.29 is 38.2 Å². The standard InChI is InChI=1S/C30H43N5O8/c1-19(2)14-23(35-29(40)43-30(3,4)5)27(38)33-22(12-13-25(36)42-17-20-10-8-7-9-11-20)26(37)34-24(28(39)41-6)15-21-16-31-18-32-21/h7-11,16,18-19,22-24H,12-15,17H2,1-6H3,(H,31,32)(H,33,38)(H,34,37)(H,35,40)/t22-,23+,24-/m0/s1. The summed E-state index contributed by atoms with van der Waals surface area (Å²) in [6.07, 6.45) is 2.11. The van der Waals surface area contributed by atoms with E-state index in [1.165, 1.54) is 19.6 Å². The van der Waals surface area contributed by atoms with E-state index in [1.54, 1.807) is 20.8 Å². The number of carbonyl (C=O) groups excluding carboxylic acids is 5. The first-order chi connectivity index (χ1) is 20.3. The second kappa shape index (κ2) is 16.9. The SMILES string of the molecule is COC(=O)[C@H](Cc1cnc[nH]1)NC(=O)[C@H](CCC(=O)OCc1ccccc1)NC(=O)[C@@H](CC(C)C)NC(=O)OC(C)(C)C. The summed E-state index contributed by atoms with van der Waals surface area (Å²) in [6.45, 7) is 8.89. The molecule has 3 atom stereocenters. The average Bonchev–Trinajstić information content (AvgIpc) is 3.45. The van der Waals surface area contributed by atoms with Crippen LogP contribution in [0.1, 0.15) is 65.1 Å². The zero-order chi connectivity index (χ0) is 32.0. The van der Waals surface area contributed by atoms with Crippen LogP contribution in [0, 0.1) is 5.92 Å². The van der Waals surface area contributed by atoms with Gasteiger partial charge in [0, 0.05) is 24.7 Å². The maximum Gasteiger partial charge on any atom is 0.408 e. The first-order valence-electron chi connectivity index (χ1n) is 14.1. The van der Waals surface area contributed by atoms with Crippen LogP contribution in [0.25, 0.3) is 0 Å². The second-order valence-electron chi connectivity index (χ2n) is 11.4. The van der Waals surface area contributed by atoms with Gasteiger partial charge in [-0.25, -0.2) is 14.6 Å². The number of H-pyrrole nitrogens is 1. The maximum absolute atomic E-state index is 13.5. The number of amides is 3. The van der Waals surface area contributed by atoms with Crippen LogP contribution in [0.15, 0.2) is 42.9 Å². The number of methoxy groups -OCH3 is 1. The van der Waals surface area contributed by atoms with E-state index in [9.17, 15) is 24.0 Å². The summed E-state index contributed by atoms with van der Waals surface area (Å²) in [5.74, 6) is -2.66. The van der Waals surface area contributed by atoms with Gasteiger partial charge in [0.15, 0.2) is 0 Å². The second-order valence-corrected chi connectivity index (χ2v) is 11.4. The lowest BCUT2D eigenvalue weighted by Gasteiger charge is -2.26. The summed E-state index contributed by atoms with van der Waals surface area (Å²) >= 11 is 0. The van der Waals surface area contributed by atoms with Crippen LogP contribution in [-0.2, 0) is 46.4 Å². The smallest absolute Gasteiger partial charge is 0.408 e. The van der Waals surface area contributed by atoms with Crippen molar-refractivity contribution in [3.8, 4) is 0 Å². The van der Waals surface area contributed by atoms with Crippen LogP contribution < -0.4 is 16.0 Å². The van der Waals surface area contributed by atoms with Crippen LogP contribution >= 0.6 is 0 Å². The average molecular weight is 602 g/mol. The Labute approximate surface area is 251 Å². The zero-order valence-electron chi connectivity index (χ0n) is 25.6. The summed E-state index contributed by atoms with van der Waals surface area (Å²) in [5, 5.41) is 7.81. The first kappa shape index (κ1) is 34.8. The molecule has 0 unspecified atom stereocenters. The lowest BCUT2D eigenvalue weighted by atomic mass is 10.0. The van der Waals surface area contributed by atoms with Crippen molar-refractivity contribution >= 4 is 29.8 Å². The number of benzene rings is 1. The predicted molar refractivity (Wildman–Crippen MR) is 156 cm³/mol. The van der Waals surface area contributed by atoms with Crippen molar-refractivity contribution in [1.82, 2.24) is 25.9 Å². The van der Waals surface area contributed by atoms with Gasteiger partial charge in [-0.1, -0.05) is 44.2 Å². The molecule has 0 aliphatic rings. The lowest BCUT2D eigenvalue weighted by molar-refractivity contribution is -0.147. The first-order valence-corrected chi connectivity index (χ1v) is 14.1. The fourth-order valence-electron chi connectivity index (χ4n) is 3.99. The number of rotatable bonds is 15. The van der Waals surface area contributed by atoms with Crippen LogP contribution in [-0.4, -0.2) is 70.7 Å². The van der Waals surface area contributed by atoms with Crippen LogP contribution in [0.5, 0.6) is 0 Å². The number of hydrogen-bond acceptors (Lipinski definition) is 9. The summed E-state index contributed by atoms with van der Waals surface area (Å²) in [6, 6.07) is 5.71. The Kier molecular flexibility index (Phi) is 13.7. The highest BCUT2D eigenvalue weighted by atomic mass is 16.6. The normalized spacial score (nSPS) is 13.3. The van der Waals surface area contributed by atoms with Gasteiger partial charge in [-0.2, -0.15) is 0 Å². The molecule has 2 aromatic rings. The topological polar surface area (TPSA) is 178 Å². The Balaban J connectivity index is 2.20. The molecule has 13 heteroatoms. The van der Waals surface area contributed by atoms with Gasteiger partial charge in [0.05, 0.1) is 13.4 Å². The molecule has 1 heterocycles. The minimum Gasteiger partial charge on any atom is -0.467 e. The summed E-state index contributed by atoms with van der Waals surface area (Å²) in [4.78, 5) is 71.1. The number of hydrogen-bond donors (Lipinski definition) is 4. The molecule has 0 aliphatic heterocycles. The van der Waals surface area contributed by atoms with Crippen molar-refractivity contribution in [2.24, 2.45) is 5.92 Å². The molecule has 0 spiro atoms. The molecular formula is C30H43N5O8. The Morgan fingerprint density at radius 2 is 1.58 bits per heavy atom. The van der Waals surface area contributed by atoms with E-state index in [-0.39, 0.29) is 38.2 Å². The third-order valence-electron chi connectivity index (χ3n) is 6.01. The summed E-state index contributed by atoms with van der Waals surface area (Å²) in [5.41, 5.74) is 0.575. The lowest BCUT2D eigenvalue weighted by Crippen LogP contribution is -2.56. The molecule has 0 aliphatic carbocycles. The maximum atomic E-state index is 13.5. The molecule has 3 amide bonds. The number of imidazole rings is 1. The Hall–Kier alpha value is -4.42. The molecule has 236 valence electrons. The molecule has 43 heavy (non-hydrogen) atoms. The molecular weight excluding hydrogens is 558 g/mol. The number of alkyl carbamates (subject to hydrolysis) is 1. The summed E-state index contributed by atoms with van der Waals surface area (Å²) < 4.78 is 15.5. The molecule has 0 fully saturated rings. The quantitative estimate of drug-likeness (QED) is 0.176. The Morgan fingerprint density at radius 3 is 2.16 bits per heavy atom. The van der Waals surface area contributed by atoms with Crippen LogP contribution in [0.3, 0.4) is 0 Å². The van der Waals surface area contributed by atoms with Gasteiger partial charge in [0.2, 0.25) is 11.8 Å². The third-order valence-corrected chi connectivity index (χ3v) is 6.01. The number of nitrogens with one attached hydrogen (secondary N) is 4. The number of ether oxygens (including phenoxy) is 3. The van der Waals surface area contributed by atoms with E-state index in [0.717, 1.165) is 5.56 Å². The Bertz CT molecular complexity index is 1190. The van der Waals surface area contributed by atoms with Gasteiger partial charge in [0.1, 0.15) is 30.3 Å². The van der Waals surface area contributed by atoms with E-state index in [2.05, 4.69) is 25.9 Å². The van der Waals surface area contributed by atoms with E-state index in [0.29, 0.717) is 5.69 Å². The molecule has 13 nitrogen and oxygen atoms in total. The molecule has 1 aromatic heterocycles. The van der Waals surface area contributed by atoms with E-state index < -0.39 is 53.6 Å². The molecule has 0 bridgehead atoms. The van der Waals surface area contributed by atoms with Gasteiger partial charge >= 0.3 is 18.0 Å². The van der Waals surface area contributed by atoms with E-state index in [1.807, 2.05) is 44.2 Å². The number of carbonyl (C=O) groups is 5. The van der Waals surface area contributed by atoms with Crippen molar-refractivity contribution in [1.29, 1.82) is 0 Å². The zero-order valence-corrected chi connectivity index (χ0v) is 25.6. The fourth-order valence-corrected chi connectivity index (χ4v) is 3.99.